The van der Waals surface area contributed by atoms with Crippen LogP contribution in [-0.4, -0.2) is 9.97 Å². The summed E-state index contributed by atoms with van der Waals surface area (Å²) in [6, 6.07) is 32.3. The fraction of sp³-hybridized carbons (Fsp3) is 0. The van der Waals surface area contributed by atoms with Gasteiger partial charge in [0.25, 0.3) is 0 Å². The summed E-state index contributed by atoms with van der Waals surface area (Å²) in [5.41, 5.74) is 0. The molecule has 2 heterocycles. The summed E-state index contributed by atoms with van der Waals surface area (Å²) in [5.74, 6) is 1.49. The minimum atomic E-state index is -2.39. The lowest BCUT2D eigenvalue weighted by Crippen LogP contribution is -2.22. The number of anilines is 1. The molecule has 0 bridgehead atoms. The van der Waals surface area contributed by atoms with Gasteiger partial charge in [0.15, 0.2) is 5.82 Å². The Labute approximate surface area is 159 Å². The van der Waals surface area contributed by atoms with E-state index in [4.69, 9.17) is 4.74 Å². The zero-order chi connectivity index (χ0) is 18.4. The molecule has 4 rings (SSSR count). The third-order valence-corrected chi connectivity index (χ3v) is 7.25. The van der Waals surface area contributed by atoms with Gasteiger partial charge in [-0.3, -0.25) is 0 Å². The molecule has 0 unspecified atom stereocenters. The van der Waals surface area contributed by atoms with E-state index >= 15 is 0 Å². The number of nitrogens with zero attached hydrogens (tertiary/aromatic N) is 3. The van der Waals surface area contributed by atoms with E-state index in [1.54, 1.807) is 12.4 Å². The second kappa shape index (κ2) is 7.98. The molecule has 2 aromatic heterocycles. The Balaban J connectivity index is 2.01. The van der Waals surface area contributed by atoms with Crippen LogP contribution >= 0.6 is 7.21 Å². The van der Waals surface area contributed by atoms with Crippen LogP contribution in [-0.2, 0) is 0 Å². The summed E-state index contributed by atoms with van der Waals surface area (Å²) in [7, 11) is -2.39. The Morgan fingerprint density at radius 1 is 0.593 bits per heavy atom. The highest BCUT2D eigenvalue weighted by molar-refractivity contribution is 7.82. The van der Waals surface area contributed by atoms with Crippen molar-refractivity contribution in [2.75, 3.05) is 5.09 Å². The van der Waals surface area contributed by atoms with Gasteiger partial charge in [0.2, 0.25) is 0 Å². The predicted molar refractivity (Wildman–Crippen MR) is 113 cm³/mol. The average molecular weight is 370 g/mol. The van der Waals surface area contributed by atoms with Crippen LogP contribution in [0.2, 0.25) is 0 Å². The Bertz CT molecular complexity index is 993. The van der Waals surface area contributed by atoms with Gasteiger partial charge in [-0.15, -0.1) is 0 Å². The van der Waals surface area contributed by atoms with E-state index in [0.29, 0.717) is 5.82 Å². The highest BCUT2D eigenvalue weighted by Gasteiger charge is 2.25. The highest BCUT2D eigenvalue weighted by atomic mass is 31.2. The van der Waals surface area contributed by atoms with Crippen LogP contribution in [0.3, 0.4) is 0 Å². The molecule has 2 aromatic carbocycles. The number of hydrogen-bond acceptors (Lipinski definition) is 3. The topological polar surface area (TPSA) is 50.2 Å². The minimum Gasteiger partial charge on any atom is -0.330 e. The van der Waals surface area contributed by atoms with Gasteiger partial charge in [0, 0.05) is 23.0 Å². The van der Waals surface area contributed by atoms with E-state index in [1.165, 1.54) is 0 Å². The summed E-state index contributed by atoms with van der Waals surface area (Å²) in [4.78, 5) is 8.95. The van der Waals surface area contributed by atoms with Crippen molar-refractivity contribution in [1.29, 1.82) is 0 Å². The van der Waals surface area contributed by atoms with Gasteiger partial charge in [0.1, 0.15) is 13.0 Å². The monoisotopic (exact) mass is 370 g/mol. The molecule has 5 heteroatoms. The summed E-state index contributed by atoms with van der Waals surface area (Å²) < 4.78 is 5.17. The number of benzene rings is 2. The molecule has 0 aliphatic rings. The molecule has 4 aromatic rings. The SMILES string of the molecule is c1ccc(P(=Nc2ccccn2)(Nc2ccccn2)c2ccccc2)cc1. The van der Waals surface area contributed by atoms with Crippen LogP contribution in [0.1, 0.15) is 0 Å². The second-order valence-electron chi connectivity index (χ2n) is 5.92. The maximum atomic E-state index is 5.17. The molecule has 4 nitrogen and oxygen atoms in total. The summed E-state index contributed by atoms with van der Waals surface area (Å²) in [5, 5.41) is 5.90. The van der Waals surface area contributed by atoms with Crippen molar-refractivity contribution < 1.29 is 0 Å². The highest BCUT2D eigenvalue weighted by Crippen LogP contribution is 2.49. The van der Waals surface area contributed by atoms with Crippen LogP contribution in [0.15, 0.2) is 114 Å². The van der Waals surface area contributed by atoms with Gasteiger partial charge in [0.05, 0.1) is 0 Å². The van der Waals surface area contributed by atoms with Gasteiger partial charge in [-0.25, -0.2) is 14.7 Å². The standard InChI is InChI=1S/C22H19N4P/c1-3-11-19(12-4-1)27(20-13-5-2-6-14-20,25-21-15-7-9-17-23-21)26-22-16-8-10-18-24-22/h1-18H,(H,23,25). The summed E-state index contributed by atoms with van der Waals surface area (Å²) >= 11 is 0. The first kappa shape index (κ1) is 17.2. The zero-order valence-electron chi connectivity index (χ0n) is 14.7. The molecule has 0 amide bonds. The molecular formula is C22H19N4P. The molecule has 0 radical (unpaired) electrons. The van der Waals surface area contributed by atoms with Gasteiger partial charge >= 0.3 is 0 Å². The number of rotatable bonds is 5. The fourth-order valence-corrected chi connectivity index (χ4v) is 5.80. The van der Waals surface area contributed by atoms with Crippen molar-refractivity contribution in [2.45, 2.75) is 0 Å². The molecule has 0 saturated heterocycles. The summed E-state index contributed by atoms with van der Waals surface area (Å²) in [6.45, 7) is 0. The molecule has 0 aliphatic carbocycles. The second-order valence-corrected chi connectivity index (χ2v) is 8.65. The maximum absolute atomic E-state index is 5.17. The first-order chi connectivity index (χ1) is 13.4. The van der Waals surface area contributed by atoms with Gasteiger partial charge < -0.3 is 5.09 Å². The Hall–Kier alpha value is -3.23. The maximum Gasteiger partial charge on any atom is 0.153 e. The van der Waals surface area contributed by atoms with E-state index in [2.05, 4.69) is 39.3 Å². The molecule has 132 valence electrons. The zero-order valence-corrected chi connectivity index (χ0v) is 15.6. The van der Waals surface area contributed by atoms with Crippen molar-refractivity contribution in [3.8, 4) is 0 Å². The predicted octanol–water partition coefficient (Wildman–Crippen LogP) is 4.99. The van der Waals surface area contributed by atoms with Crippen molar-refractivity contribution in [3.05, 3.63) is 109 Å². The average Bonchev–Trinajstić information content (AvgIpc) is 2.76. The molecule has 0 saturated carbocycles. The van der Waals surface area contributed by atoms with E-state index in [0.717, 1.165) is 16.4 Å². The molecule has 0 aliphatic heterocycles. The largest absolute Gasteiger partial charge is 0.330 e. The lowest BCUT2D eigenvalue weighted by Gasteiger charge is -2.27. The van der Waals surface area contributed by atoms with Crippen LogP contribution in [0.25, 0.3) is 0 Å². The molecule has 0 fully saturated rings. The molecule has 27 heavy (non-hydrogen) atoms. The van der Waals surface area contributed by atoms with Gasteiger partial charge in [-0.1, -0.05) is 72.8 Å². The Morgan fingerprint density at radius 2 is 1.15 bits per heavy atom. The number of nitrogens with one attached hydrogen (secondary N) is 1. The van der Waals surface area contributed by atoms with Crippen molar-refractivity contribution in [1.82, 2.24) is 9.97 Å². The first-order valence-electron chi connectivity index (χ1n) is 8.71. The van der Waals surface area contributed by atoms with E-state index in [-0.39, 0.29) is 0 Å². The normalized spacial score (nSPS) is 11.0. The summed E-state index contributed by atoms with van der Waals surface area (Å²) in [6.07, 6.45) is 3.55. The van der Waals surface area contributed by atoms with Gasteiger partial charge in [-0.05, 0) is 24.3 Å². The van der Waals surface area contributed by atoms with Crippen molar-refractivity contribution in [3.63, 3.8) is 0 Å². The Kier molecular flexibility index (Phi) is 5.08. The van der Waals surface area contributed by atoms with Crippen LogP contribution in [0, 0.1) is 0 Å². The lowest BCUT2D eigenvalue weighted by molar-refractivity contribution is 1.28. The quantitative estimate of drug-likeness (QED) is 0.504. The van der Waals surface area contributed by atoms with E-state index in [9.17, 15) is 0 Å². The van der Waals surface area contributed by atoms with Crippen LogP contribution in [0.5, 0.6) is 0 Å². The minimum absolute atomic E-state index is 0.696. The molecule has 0 spiro atoms. The van der Waals surface area contributed by atoms with Crippen LogP contribution < -0.4 is 15.7 Å². The third-order valence-electron chi connectivity index (χ3n) is 4.10. The first-order valence-corrected chi connectivity index (χ1v) is 10.4. The van der Waals surface area contributed by atoms with Crippen molar-refractivity contribution in [2.24, 2.45) is 4.74 Å². The Morgan fingerprint density at radius 3 is 1.67 bits per heavy atom. The smallest absolute Gasteiger partial charge is 0.153 e. The van der Waals surface area contributed by atoms with Crippen molar-refractivity contribution >= 4 is 29.4 Å². The lowest BCUT2D eigenvalue weighted by atomic mass is 10.4. The van der Waals surface area contributed by atoms with Gasteiger partial charge in [-0.2, -0.15) is 0 Å². The molecular weight excluding hydrogens is 351 g/mol. The van der Waals surface area contributed by atoms with E-state index < -0.39 is 7.21 Å². The van der Waals surface area contributed by atoms with E-state index in [1.807, 2.05) is 72.8 Å². The number of hydrogen-bond donors (Lipinski definition) is 1. The number of pyridine rings is 2. The number of aromatic nitrogens is 2. The molecule has 1 N–H and O–H groups in total. The fourth-order valence-electron chi connectivity index (χ4n) is 2.87. The third kappa shape index (κ3) is 3.81. The molecule has 0 atom stereocenters. The van der Waals surface area contributed by atoms with Crippen LogP contribution in [0.4, 0.5) is 11.6 Å².